The first-order chi connectivity index (χ1) is 22.6. The zero-order chi connectivity index (χ0) is 35.9. The minimum absolute atomic E-state index is 0.0149. The van der Waals surface area contributed by atoms with E-state index >= 15 is 0 Å². The summed E-state index contributed by atoms with van der Waals surface area (Å²) in [4.78, 5) is 66.8. The number of carbonyl (C=O) groups is 5. The maximum Gasteiger partial charge on any atom is 0.408 e. The normalized spacial score (nSPS) is 20.7. The highest BCUT2D eigenvalue weighted by Crippen LogP contribution is 2.41. The Morgan fingerprint density at radius 2 is 1.46 bits per heavy atom. The molecule has 2 rings (SSSR count). The molecule has 1 saturated carbocycles. The number of aldehydes is 1. The fourth-order valence-corrected chi connectivity index (χ4v) is 6.50. The van der Waals surface area contributed by atoms with Crippen LogP contribution in [0.15, 0.2) is 30.3 Å². The van der Waals surface area contributed by atoms with Crippen LogP contribution in [0.1, 0.15) is 125 Å². The molecule has 10 heteroatoms. The van der Waals surface area contributed by atoms with Crippen molar-refractivity contribution in [2.24, 2.45) is 23.2 Å². The third-order valence-corrected chi connectivity index (χ3v) is 9.01. The largest absolute Gasteiger partial charge is 0.460 e. The van der Waals surface area contributed by atoms with Crippen molar-refractivity contribution in [3.8, 4) is 0 Å². The molecule has 3 amide bonds. The summed E-state index contributed by atoms with van der Waals surface area (Å²) >= 11 is 0. The van der Waals surface area contributed by atoms with E-state index in [1.807, 2.05) is 44.2 Å². The first-order valence-corrected chi connectivity index (χ1v) is 17.8. The Morgan fingerprint density at radius 1 is 0.854 bits per heavy atom. The molecule has 2 unspecified atom stereocenters. The molecule has 3 N–H and O–H groups in total. The number of ether oxygens (including phenoxy) is 2. The molecule has 0 aliphatic heterocycles. The van der Waals surface area contributed by atoms with Crippen LogP contribution in [-0.2, 0) is 35.3 Å². The van der Waals surface area contributed by atoms with Gasteiger partial charge in [-0.3, -0.25) is 14.4 Å². The number of benzene rings is 1. The topological polar surface area (TPSA) is 140 Å². The first kappa shape index (κ1) is 40.7. The molecule has 0 radical (unpaired) electrons. The van der Waals surface area contributed by atoms with Crippen molar-refractivity contribution in [3.63, 3.8) is 0 Å². The van der Waals surface area contributed by atoms with E-state index in [0.717, 1.165) is 50.4 Å². The Kier molecular flexibility index (Phi) is 16.6. The molecule has 0 spiro atoms. The Labute approximate surface area is 288 Å². The molecule has 1 aromatic rings. The third kappa shape index (κ3) is 14.0. The van der Waals surface area contributed by atoms with Crippen molar-refractivity contribution in [3.05, 3.63) is 35.9 Å². The standard InChI is InChI=1S/C38H61N3O7/c1-26(2)21-30(40-36(46)47-24-29-18-14-12-15-19-29)34(44)39-31(23-33(43)48-37(6,7)8)35(45)41-32(22-27(3)4)38(25-42)20-16-11-9-10-13-17-28(38)5/h12,14-15,18-19,25-28,30-32H,9-11,13,16-17,20-24H2,1-8H3,(H,39,44)(H,40,46)(H,41,45)/t28?,30-,31-,32-,38?/m0/s1. The Morgan fingerprint density at radius 3 is 2.06 bits per heavy atom. The first-order valence-electron chi connectivity index (χ1n) is 17.8. The molecular weight excluding hydrogens is 610 g/mol. The number of esters is 1. The quantitative estimate of drug-likeness (QED) is 0.140. The summed E-state index contributed by atoms with van der Waals surface area (Å²) in [7, 11) is 0. The molecule has 5 atom stereocenters. The monoisotopic (exact) mass is 671 g/mol. The fraction of sp³-hybridized carbons (Fsp3) is 0.711. The number of hydrogen-bond acceptors (Lipinski definition) is 7. The molecule has 1 fully saturated rings. The highest BCUT2D eigenvalue weighted by atomic mass is 16.6. The molecule has 270 valence electrons. The summed E-state index contributed by atoms with van der Waals surface area (Å²) in [5, 5.41) is 8.53. The molecule has 0 saturated heterocycles. The van der Waals surface area contributed by atoms with Gasteiger partial charge in [-0.05, 0) is 69.8 Å². The second-order valence-corrected chi connectivity index (χ2v) is 15.4. The van der Waals surface area contributed by atoms with Gasteiger partial charge in [0.1, 0.15) is 30.6 Å². The van der Waals surface area contributed by atoms with Gasteiger partial charge in [-0.15, -0.1) is 0 Å². The molecular formula is C38H61N3O7. The van der Waals surface area contributed by atoms with E-state index < -0.39 is 59.4 Å². The lowest BCUT2D eigenvalue weighted by molar-refractivity contribution is -0.157. The minimum atomic E-state index is -1.30. The molecule has 1 aliphatic rings. The Balaban J connectivity index is 2.36. The van der Waals surface area contributed by atoms with Crippen LogP contribution in [0.5, 0.6) is 0 Å². The maximum atomic E-state index is 14.2. The lowest BCUT2D eigenvalue weighted by atomic mass is 9.65. The fourth-order valence-electron chi connectivity index (χ4n) is 6.50. The van der Waals surface area contributed by atoms with Crippen LogP contribution in [0, 0.1) is 23.2 Å². The van der Waals surface area contributed by atoms with E-state index in [-0.39, 0.29) is 30.8 Å². The van der Waals surface area contributed by atoms with Gasteiger partial charge >= 0.3 is 12.1 Å². The minimum Gasteiger partial charge on any atom is -0.460 e. The number of hydrogen-bond donors (Lipinski definition) is 3. The summed E-state index contributed by atoms with van der Waals surface area (Å²) in [5.74, 6) is -1.61. The third-order valence-electron chi connectivity index (χ3n) is 9.01. The van der Waals surface area contributed by atoms with Crippen molar-refractivity contribution in [2.75, 3.05) is 0 Å². The van der Waals surface area contributed by atoms with E-state index in [0.29, 0.717) is 12.8 Å². The summed E-state index contributed by atoms with van der Waals surface area (Å²) in [6.45, 7) is 15.2. The number of carbonyl (C=O) groups excluding carboxylic acids is 5. The van der Waals surface area contributed by atoms with Gasteiger partial charge in [-0.25, -0.2) is 4.79 Å². The van der Waals surface area contributed by atoms with Gasteiger partial charge in [0, 0.05) is 11.5 Å². The van der Waals surface area contributed by atoms with Gasteiger partial charge < -0.3 is 30.2 Å². The predicted molar refractivity (Wildman–Crippen MR) is 187 cm³/mol. The zero-order valence-electron chi connectivity index (χ0n) is 30.6. The van der Waals surface area contributed by atoms with Gasteiger partial charge in [0.05, 0.1) is 6.42 Å². The van der Waals surface area contributed by atoms with Crippen molar-refractivity contribution in [2.45, 2.75) is 150 Å². The van der Waals surface area contributed by atoms with Crippen LogP contribution >= 0.6 is 0 Å². The van der Waals surface area contributed by atoms with Crippen molar-refractivity contribution in [1.29, 1.82) is 0 Å². The van der Waals surface area contributed by atoms with Crippen LogP contribution in [-0.4, -0.2) is 53.9 Å². The van der Waals surface area contributed by atoms with E-state index in [1.165, 1.54) is 0 Å². The summed E-state index contributed by atoms with van der Waals surface area (Å²) in [5.41, 5.74) is -0.791. The number of rotatable bonds is 15. The molecule has 1 aliphatic carbocycles. The van der Waals surface area contributed by atoms with Gasteiger partial charge in [-0.2, -0.15) is 0 Å². The average Bonchev–Trinajstić information content (AvgIpc) is 3.08. The SMILES string of the molecule is CC(C)C[C@H](NC(=O)OCc1ccccc1)C(=O)N[C@@H](CC(=O)OC(C)(C)C)C(=O)N[C@@H](CC(C)C)C1(C=O)CCCCCCCC1C. The summed E-state index contributed by atoms with van der Waals surface area (Å²) in [6, 6.07) is 6.37. The lowest BCUT2D eigenvalue weighted by Gasteiger charge is -2.43. The highest BCUT2D eigenvalue weighted by molar-refractivity contribution is 5.93. The average molecular weight is 672 g/mol. The smallest absolute Gasteiger partial charge is 0.408 e. The van der Waals surface area contributed by atoms with Crippen molar-refractivity contribution >= 4 is 30.2 Å². The molecule has 0 bridgehead atoms. The summed E-state index contributed by atoms with van der Waals surface area (Å²) in [6.07, 6.45) is 7.40. The van der Waals surface area contributed by atoms with Crippen LogP contribution in [0.2, 0.25) is 0 Å². The van der Waals surface area contributed by atoms with Gasteiger partial charge in [0.2, 0.25) is 11.8 Å². The number of alkyl carbamates (subject to hydrolysis) is 1. The van der Waals surface area contributed by atoms with E-state index in [4.69, 9.17) is 9.47 Å². The van der Waals surface area contributed by atoms with E-state index in [9.17, 15) is 24.0 Å². The second-order valence-electron chi connectivity index (χ2n) is 15.4. The van der Waals surface area contributed by atoms with Crippen LogP contribution in [0.4, 0.5) is 4.79 Å². The van der Waals surface area contributed by atoms with Crippen molar-refractivity contribution in [1.82, 2.24) is 16.0 Å². The second kappa shape index (κ2) is 19.5. The van der Waals surface area contributed by atoms with Gasteiger partial charge in [0.15, 0.2) is 0 Å². The predicted octanol–water partition coefficient (Wildman–Crippen LogP) is 6.64. The van der Waals surface area contributed by atoms with Gasteiger partial charge in [0.25, 0.3) is 0 Å². The lowest BCUT2D eigenvalue weighted by Crippen LogP contribution is -2.59. The number of nitrogens with one attached hydrogen (secondary N) is 3. The Bertz CT molecular complexity index is 1180. The molecule has 0 heterocycles. The van der Waals surface area contributed by atoms with E-state index in [2.05, 4.69) is 36.7 Å². The van der Waals surface area contributed by atoms with Crippen molar-refractivity contribution < 1.29 is 33.4 Å². The Hall–Kier alpha value is -3.43. The van der Waals surface area contributed by atoms with Crippen LogP contribution < -0.4 is 16.0 Å². The zero-order valence-corrected chi connectivity index (χ0v) is 30.6. The molecule has 1 aromatic carbocycles. The highest BCUT2D eigenvalue weighted by Gasteiger charge is 2.45. The number of amides is 3. The maximum absolute atomic E-state index is 14.2. The van der Waals surface area contributed by atoms with Crippen LogP contribution in [0.3, 0.4) is 0 Å². The van der Waals surface area contributed by atoms with Gasteiger partial charge in [-0.1, -0.05) is 97.1 Å². The summed E-state index contributed by atoms with van der Waals surface area (Å²) < 4.78 is 10.9. The molecule has 0 aromatic heterocycles. The van der Waals surface area contributed by atoms with Crippen LogP contribution in [0.25, 0.3) is 0 Å². The molecule has 10 nitrogen and oxygen atoms in total. The van der Waals surface area contributed by atoms with E-state index in [1.54, 1.807) is 20.8 Å². The molecule has 48 heavy (non-hydrogen) atoms.